The summed E-state index contributed by atoms with van der Waals surface area (Å²) in [7, 11) is 0. The topological polar surface area (TPSA) is 47.6 Å². The second-order valence-electron chi connectivity index (χ2n) is 6.68. The maximum atomic E-state index is 12.9. The van der Waals surface area contributed by atoms with E-state index in [1.807, 2.05) is 0 Å². The van der Waals surface area contributed by atoms with Gasteiger partial charge in [-0.25, -0.2) is 0 Å². The molecular weight excluding hydrogens is 302 g/mol. The van der Waals surface area contributed by atoms with Gasteiger partial charge in [0, 0.05) is 5.56 Å². The highest BCUT2D eigenvalue weighted by Gasteiger charge is 2.37. The van der Waals surface area contributed by atoms with E-state index < -0.39 is 0 Å². The van der Waals surface area contributed by atoms with Crippen molar-refractivity contribution in [3.8, 4) is 11.5 Å². The molecule has 1 heterocycles. The highest BCUT2D eigenvalue weighted by molar-refractivity contribution is 5.95. The maximum absolute atomic E-state index is 12.9. The number of carbonyl (C=O) groups is 1. The van der Waals surface area contributed by atoms with Crippen molar-refractivity contribution < 1.29 is 14.3 Å². The van der Waals surface area contributed by atoms with Crippen LogP contribution in [0, 0.1) is 6.92 Å². The lowest BCUT2D eigenvalue weighted by Crippen LogP contribution is -2.43. The third kappa shape index (κ3) is 2.62. The second kappa shape index (κ2) is 5.86. The first kappa shape index (κ1) is 15.1. The van der Waals surface area contributed by atoms with Gasteiger partial charge in [-0.05, 0) is 43.5 Å². The molecule has 0 radical (unpaired) electrons. The molecule has 124 valence electrons. The summed E-state index contributed by atoms with van der Waals surface area (Å²) < 4.78 is 10.7. The Morgan fingerprint density at radius 1 is 1.04 bits per heavy atom. The van der Waals surface area contributed by atoms with Crippen molar-refractivity contribution in [3.63, 3.8) is 0 Å². The van der Waals surface area contributed by atoms with Gasteiger partial charge < -0.3 is 14.8 Å². The quantitative estimate of drug-likeness (QED) is 0.931. The van der Waals surface area contributed by atoms with E-state index in [2.05, 4.69) is 36.5 Å². The Hall–Kier alpha value is -2.49. The van der Waals surface area contributed by atoms with Gasteiger partial charge in [-0.1, -0.05) is 42.7 Å². The summed E-state index contributed by atoms with van der Waals surface area (Å²) in [5.74, 6) is 1.27. The van der Waals surface area contributed by atoms with Crippen molar-refractivity contribution >= 4 is 5.91 Å². The van der Waals surface area contributed by atoms with Gasteiger partial charge in [-0.3, -0.25) is 4.79 Å². The standard InChI is InChI=1S/C20H21NO3/c1-14-5-4-6-16(11-14)20(9-2-3-10-20)21-19(22)15-7-8-17-18(12-15)24-13-23-17/h4-8,11-12H,2-3,9-10,13H2,1H3,(H,21,22). The number of aryl methyl sites for hydroxylation is 1. The molecule has 0 bridgehead atoms. The van der Waals surface area contributed by atoms with Gasteiger partial charge in [0.05, 0.1) is 5.54 Å². The normalized spacial score (nSPS) is 17.7. The van der Waals surface area contributed by atoms with Crippen LogP contribution >= 0.6 is 0 Å². The van der Waals surface area contributed by atoms with Gasteiger partial charge in [0.2, 0.25) is 6.79 Å². The lowest BCUT2D eigenvalue weighted by Gasteiger charge is -2.31. The summed E-state index contributed by atoms with van der Waals surface area (Å²) in [6.45, 7) is 2.31. The molecule has 4 nitrogen and oxygen atoms in total. The van der Waals surface area contributed by atoms with E-state index in [-0.39, 0.29) is 18.2 Å². The Kier molecular flexibility index (Phi) is 3.68. The highest BCUT2D eigenvalue weighted by atomic mass is 16.7. The lowest BCUT2D eigenvalue weighted by molar-refractivity contribution is 0.0897. The van der Waals surface area contributed by atoms with E-state index in [0.29, 0.717) is 17.1 Å². The molecule has 1 aliphatic heterocycles. The Morgan fingerprint density at radius 2 is 1.83 bits per heavy atom. The summed E-state index contributed by atoms with van der Waals surface area (Å²) >= 11 is 0. The van der Waals surface area contributed by atoms with Crippen LogP contribution in [-0.2, 0) is 5.54 Å². The van der Waals surface area contributed by atoms with Crippen LogP contribution in [0.1, 0.15) is 47.2 Å². The monoisotopic (exact) mass is 323 g/mol. The molecule has 2 aromatic carbocycles. The van der Waals surface area contributed by atoms with Crippen LogP contribution in [0.3, 0.4) is 0 Å². The Bertz CT molecular complexity index is 778. The van der Waals surface area contributed by atoms with E-state index in [4.69, 9.17) is 9.47 Å². The van der Waals surface area contributed by atoms with Gasteiger partial charge >= 0.3 is 0 Å². The first-order chi connectivity index (χ1) is 11.7. The SMILES string of the molecule is Cc1cccc(C2(NC(=O)c3ccc4c(c3)OCO4)CCCC2)c1. The van der Waals surface area contributed by atoms with Crippen molar-refractivity contribution in [2.24, 2.45) is 0 Å². The lowest BCUT2D eigenvalue weighted by atomic mass is 9.87. The van der Waals surface area contributed by atoms with E-state index in [1.54, 1.807) is 18.2 Å². The van der Waals surface area contributed by atoms with E-state index in [0.717, 1.165) is 25.7 Å². The molecule has 1 saturated carbocycles. The smallest absolute Gasteiger partial charge is 0.252 e. The zero-order valence-electron chi connectivity index (χ0n) is 13.8. The number of fused-ring (bicyclic) bond motifs is 1. The molecule has 0 atom stereocenters. The fourth-order valence-electron chi connectivity index (χ4n) is 3.73. The maximum Gasteiger partial charge on any atom is 0.252 e. The van der Waals surface area contributed by atoms with Gasteiger partial charge in [-0.15, -0.1) is 0 Å². The Morgan fingerprint density at radius 3 is 2.62 bits per heavy atom. The largest absolute Gasteiger partial charge is 0.454 e. The molecule has 1 fully saturated rings. The summed E-state index contributed by atoms with van der Waals surface area (Å²) in [6.07, 6.45) is 4.23. The molecule has 24 heavy (non-hydrogen) atoms. The van der Waals surface area contributed by atoms with Crippen LogP contribution in [0.15, 0.2) is 42.5 Å². The predicted molar refractivity (Wildman–Crippen MR) is 91.4 cm³/mol. The van der Waals surface area contributed by atoms with Gasteiger partial charge in [0.15, 0.2) is 11.5 Å². The van der Waals surface area contributed by atoms with Gasteiger partial charge in [0.1, 0.15) is 0 Å². The third-order valence-electron chi connectivity index (χ3n) is 5.02. The van der Waals surface area contributed by atoms with Gasteiger partial charge in [0.25, 0.3) is 5.91 Å². The minimum absolute atomic E-state index is 0.0586. The molecule has 0 unspecified atom stereocenters. The van der Waals surface area contributed by atoms with Crippen molar-refractivity contribution in [1.29, 1.82) is 0 Å². The fourth-order valence-corrected chi connectivity index (χ4v) is 3.73. The average molecular weight is 323 g/mol. The number of nitrogens with one attached hydrogen (secondary N) is 1. The molecule has 4 heteroatoms. The molecule has 1 amide bonds. The second-order valence-corrected chi connectivity index (χ2v) is 6.68. The van der Waals surface area contributed by atoms with Crippen molar-refractivity contribution in [3.05, 3.63) is 59.2 Å². The first-order valence-corrected chi connectivity index (χ1v) is 8.46. The molecule has 2 aliphatic rings. The zero-order valence-corrected chi connectivity index (χ0v) is 13.8. The van der Waals surface area contributed by atoms with Crippen LogP contribution in [0.4, 0.5) is 0 Å². The minimum atomic E-state index is -0.264. The van der Waals surface area contributed by atoms with Crippen LogP contribution in [0.5, 0.6) is 11.5 Å². The third-order valence-corrected chi connectivity index (χ3v) is 5.02. The van der Waals surface area contributed by atoms with Crippen molar-refractivity contribution in [2.75, 3.05) is 6.79 Å². The molecule has 4 rings (SSSR count). The number of hydrogen-bond acceptors (Lipinski definition) is 3. The number of hydrogen-bond donors (Lipinski definition) is 1. The van der Waals surface area contributed by atoms with E-state index in [1.165, 1.54) is 11.1 Å². The van der Waals surface area contributed by atoms with E-state index in [9.17, 15) is 4.79 Å². The molecule has 1 N–H and O–H groups in total. The summed E-state index contributed by atoms with van der Waals surface area (Å²) in [5.41, 5.74) is 2.77. The molecular formula is C20H21NO3. The minimum Gasteiger partial charge on any atom is -0.454 e. The molecule has 0 saturated heterocycles. The van der Waals surface area contributed by atoms with Gasteiger partial charge in [-0.2, -0.15) is 0 Å². The number of rotatable bonds is 3. The number of benzene rings is 2. The molecule has 0 spiro atoms. The fraction of sp³-hybridized carbons (Fsp3) is 0.350. The van der Waals surface area contributed by atoms with E-state index >= 15 is 0 Å². The van der Waals surface area contributed by atoms with Crippen LogP contribution in [0.2, 0.25) is 0 Å². The molecule has 0 aromatic heterocycles. The Balaban J connectivity index is 1.62. The van der Waals surface area contributed by atoms with Crippen LogP contribution in [-0.4, -0.2) is 12.7 Å². The predicted octanol–water partition coefficient (Wildman–Crippen LogP) is 3.92. The highest BCUT2D eigenvalue weighted by Crippen LogP contribution is 2.39. The van der Waals surface area contributed by atoms with Crippen LogP contribution < -0.4 is 14.8 Å². The van der Waals surface area contributed by atoms with Crippen LogP contribution in [0.25, 0.3) is 0 Å². The number of ether oxygens (including phenoxy) is 2. The number of carbonyl (C=O) groups excluding carboxylic acids is 1. The van der Waals surface area contributed by atoms with Crippen molar-refractivity contribution in [2.45, 2.75) is 38.1 Å². The number of amides is 1. The zero-order chi connectivity index (χ0) is 16.6. The summed E-state index contributed by atoms with van der Waals surface area (Å²) in [5, 5.41) is 3.31. The summed E-state index contributed by atoms with van der Waals surface area (Å²) in [4.78, 5) is 12.9. The molecule has 2 aromatic rings. The first-order valence-electron chi connectivity index (χ1n) is 8.46. The van der Waals surface area contributed by atoms with Crippen molar-refractivity contribution in [1.82, 2.24) is 5.32 Å². The Labute approximate surface area is 141 Å². The summed E-state index contributed by atoms with van der Waals surface area (Å²) in [6, 6.07) is 13.8. The average Bonchev–Trinajstić information content (AvgIpc) is 3.23. The molecule has 1 aliphatic carbocycles.